The number of amides is 1. The smallest absolute Gasteiger partial charge is 0.223 e. The highest BCUT2D eigenvalue weighted by atomic mass is 16.2. The van der Waals surface area contributed by atoms with Crippen molar-refractivity contribution < 1.29 is 4.79 Å². The standard InChI is InChI=1S/C16H18N2O/c1-4-11-17(2)16(19)10-9-13-12-18(3)15-8-6-5-7-14(13)15/h1,5-8,12H,9-11H2,2-3H3. The van der Waals surface area contributed by atoms with Crippen molar-refractivity contribution >= 4 is 16.8 Å². The van der Waals surface area contributed by atoms with Gasteiger partial charge in [-0.25, -0.2) is 0 Å². The van der Waals surface area contributed by atoms with Crippen molar-refractivity contribution in [2.75, 3.05) is 13.6 Å². The molecule has 1 aromatic heterocycles. The van der Waals surface area contributed by atoms with E-state index < -0.39 is 0 Å². The Hall–Kier alpha value is -2.21. The van der Waals surface area contributed by atoms with E-state index in [-0.39, 0.29) is 5.91 Å². The fourth-order valence-corrected chi connectivity index (χ4v) is 2.28. The van der Waals surface area contributed by atoms with E-state index in [1.165, 1.54) is 16.5 Å². The molecule has 0 atom stereocenters. The Morgan fingerprint density at radius 3 is 2.89 bits per heavy atom. The molecule has 0 spiro atoms. The quantitative estimate of drug-likeness (QED) is 0.768. The van der Waals surface area contributed by atoms with Gasteiger partial charge in [-0.3, -0.25) is 4.79 Å². The molecule has 3 nitrogen and oxygen atoms in total. The second-order valence-corrected chi connectivity index (χ2v) is 4.74. The zero-order valence-corrected chi connectivity index (χ0v) is 11.4. The largest absolute Gasteiger partial charge is 0.350 e. The molecular formula is C16H18N2O. The van der Waals surface area contributed by atoms with Crippen molar-refractivity contribution in [2.24, 2.45) is 7.05 Å². The van der Waals surface area contributed by atoms with Gasteiger partial charge in [0.05, 0.1) is 6.54 Å². The summed E-state index contributed by atoms with van der Waals surface area (Å²) >= 11 is 0. The summed E-state index contributed by atoms with van der Waals surface area (Å²) in [7, 11) is 3.77. The van der Waals surface area contributed by atoms with E-state index in [4.69, 9.17) is 6.42 Å². The van der Waals surface area contributed by atoms with E-state index in [1.807, 2.05) is 19.2 Å². The number of nitrogens with zero attached hydrogens (tertiary/aromatic N) is 2. The van der Waals surface area contributed by atoms with Crippen LogP contribution in [0.4, 0.5) is 0 Å². The van der Waals surface area contributed by atoms with E-state index in [1.54, 1.807) is 11.9 Å². The van der Waals surface area contributed by atoms with E-state index in [9.17, 15) is 4.79 Å². The molecule has 0 fully saturated rings. The minimum absolute atomic E-state index is 0.0888. The fraction of sp³-hybridized carbons (Fsp3) is 0.312. The molecule has 2 rings (SSSR count). The lowest BCUT2D eigenvalue weighted by Crippen LogP contribution is -2.27. The van der Waals surface area contributed by atoms with Gasteiger partial charge in [-0.2, -0.15) is 0 Å². The summed E-state index contributed by atoms with van der Waals surface area (Å²) in [5.74, 6) is 2.57. The number of para-hydroxylation sites is 1. The van der Waals surface area contributed by atoms with Gasteiger partial charge >= 0.3 is 0 Å². The highest BCUT2D eigenvalue weighted by Crippen LogP contribution is 2.21. The number of hydrogen-bond acceptors (Lipinski definition) is 1. The van der Waals surface area contributed by atoms with Crippen LogP contribution in [0.25, 0.3) is 10.9 Å². The van der Waals surface area contributed by atoms with Crippen LogP contribution in [-0.2, 0) is 18.3 Å². The van der Waals surface area contributed by atoms with Crippen LogP contribution < -0.4 is 0 Å². The Labute approximate surface area is 113 Å². The number of aromatic nitrogens is 1. The molecule has 2 aromatic rings. The molecule has 19 heavy (non-hydrogen) atoms. The maximum absolute atomic E-state index is 11.9. The van der Waals surface area contributed by atoms with Gasteiger partial charge in [0.15, 0.2) is 0 Å². The van der Waals surface area contributed by atoms with Crippen molar-refractivity contribution in [1.82, 2.24) is 9.47 Å². The summed E-state index contributed by atoms with van der Waals surface area (Å²) in [6, 6.07) is 8.24. The molecule has 0 saturated carbocycles. The fourth-order valence-electron chi connectivity index (χ4n) is 2.28. The van der Waals surface area contributed by atoms with Crippen LogP contribution >= 0.6 is 0 Å². The second kappa shape index (κ2) is 5.62. The average Bonchev–Trinajstić information content (AvgIpc) is 2.74. The summed E-state index contributed by atoms with van der Waals surface area (Å²) in [4.78, 5) is 13.5. The molecule has 0 saturated heterocycles. The first-order chi connectivity index (χ1) is 9.13. The van der Waals surface area contributed by atoms with Crippen LogP contribution in [0.2, 0.25) is 0 Å². The molecule has 0 radical (unpaired) electrons. The van der Waals surface area contributed by atoms with Gasteiger partial charge in [-0.15, -0.1) is 6.42 Å². The van der Waals surface area contributed by atoms with E-state index in [2.05, 4.69) is 28.8 Å². The maximum Gasteiger partial charge on any atom is 0.223 e. The molecule has 0 aliphatic heterocycles. The van der Waals surface area contributed by atoms with E-state index in [0.717, 1.165) is 6.42 Å². The monoisotopic (exact) mass is 254 g/mol. The first-order valence-corrected chi connectivity index (χ1v) is 6.34. The molecule has 0 bridgehead atoms. The third-order valence-electron chi connectivity index (χ3n) is 3.34. The molecule has 98 valence electrons. The zero-order chi connectivity index (χ0) is 13.8. The Balaban J connectivity index is 2.11. The Bertz CT molecular complexity index is 634. The van der Waals surface area contributed by atoms with Gasteiger partial charge in [0, 0.05) is 37.6 Å². The molecule has 1 aromatic carbocycles. The first-order valence-electron chi connectivity index (χ1n) is 6.34. The summed E-state index contributed by atoms with van der Waals surface area (Å²) in [6.07, 6.45) is 8.54. The van der Waals surface area contributed by atoms with Gasteiger partial charge in [0.25, 0.3) is 0 Å². The number of fused-ring (bicyclic) bond motifs is 1. The normalized spacial score (nSPS) is 10.4. The lowest BCUT2D eigenvalue weighted by molar-refractivity contribution is -0.129. The van der Waals surface area contributed by atoms with Crippen LogP contribution in [0.5, 0.6) is 0 Å². The molecule has 1 heterocycles. The zero-order valence-electron chi connectivity index (χ0n) is 11.4. The van der Waals surface area contributed by atoms with Crippen LogP contribution in [0.15, 0.2) is 30.5 Å². The van der Waals surface area contributed by atoms with Gasteiger partial charge < -0.3 is 9.47 Å². The number of hydrogen-bond donors (Lipinski definition) is 0. The number of benzene rings is 1. The number of rotatable bonds is 4. The summed E-state index contributed by atoms with van der Waals surface area (Å²) in [5, 5.41) is 1.22. The second-order valence-electron chi connectivity index (χ2n) is 4.74. The van der Waals surface area contributed by atoms with Crippen LogP contribution in [0.1, 0.15) is 12.0 Å². The van der Waals surface area contributed by atoms with Crippen molar-refractivity contribution in [3.8, 4) is 12.3 Å². The number of terminal acetylenes is 1. The van der Waals surface area contributed by atoms with E-state index >= 15 is 0 Å². The third-order valence-corrected chi connectivity index (χ3v) is 3.34. The molecule has 0 N–H and O–H groups in total. The predicted molar refractivity (Wildman–Crippen MR) is 77.7 cm³/mol. The number of aryl methyl sites for hydroxylation is 2. The number of carbonyl (C=O) groups is 1. The molecule has 3 heteroatoms. The lowest BCUT2D eigenvalue weighted by Gasteiger charge is -2.13. The van der Waals surface area contributed by atoms with Crippen LogP contribution in [0, 0.1) is 12.3 Å². The minimum atomic E-state index is 0.0888. The third kappa shape index (κ3) is 2.79. The lowest BCUT2D eigenvalue weighted by atomic mass is 10.1. The summed E-state index contributed by atoms with van der Waals surface area (Å²) < 4.78 is 2.10. The summed E-state index contributed by atoms with van der Waals surface area (Å²) in [5.41, 5.74) is 2.41. The van der Waals surface area contributed by atoms with Gasteiger partial charge in [0.2, 0.25) is 5.91 Å². The number of carbonyl (C=O) groups excluding carboxylic acids is 1. The highest BCUT2D eigenvalue weighted by Gasteiger charge is 2.10. The Morgan fingerprint density at radius 2 is 2.16 bits per heavy atom. The molecule has 0 aliphatic rings. The van der Waals surface area contributed by atoms with Crippen LogP contribution in [0.3, 0.4) is 0 Å². The van der Waals surface area contributed by atoms with Crippen molar-refractivity contribution in [2.45, 2.75) is 12.8 Å². The predicted octanol–water partition coefficient (Wildman–Crippen LogP) is 2.20. The SMILES string of the molecule is C#CCN(C)C(=O)CCc1cn(C)c2ccccc12. The maximum atomic E-state index is 11.9. The van der Waals surface area contributed by atoms with Gasteiger partial charge in [-0.05, 0) is 18.1 Å². The first kappa shape index (κ1) is 13.2. The minimum Gasteiger partial charge on any atom is -0.350 e. The molecular weight excluding hydrogens is 236 g/mol. The van der Waals surface area contributed by atoms with Crippen molar-refractivity contribution in [3.05, 3.63) is 36.0 Å². The van der Waals surface area contributed by atoms with Gasteiger partial charge in [0.1, 0.15) is 0 Å². The highest BCUT2D eigenvalue weighted by molar-refractivity contribution is 5.85. The van der Waals surface area contributed by atoms with E-state index in [0.29, 0.717) is 13.0 Å². The molecule has 1 amide bonds. The Morgan fingerprint density at radius 1 is 1.42 bits per heavy atom. The molecule has 0 aliphatic carbocycles. The van der Waals surface area contributed by atoms with Crippen molar-refractivity contribution in [1.29, 1.82) is 0 Å². The van der Waals surface area contributed by atoms with Crippen LogP contribution in [-0.4, -0.2) is 29.0 Å². The topological polar surface area (TPSA) is 25.2 Å². The summed E-state index contributed by atoms with van der Waals surface area (Å²) in [6.45, 7) is 0.369. The average molecular weight is 254 g/mol. The van der Waals surface area contributed by atoms with Crippen molar-refractivity contribution in [3.63, 3.8) is 0 Å². The van der Waals surface area contributed by atoms with Gasteiger partial charge in [-0.1, -0.05) is 24.1 Å². The molecule has 0 unspecified atom stereocenters. The Kier molecular flexibility index (Phi) is 3.91.